The maximum absolute atomic E-state index is 10.7. The second-order valence-corrected chi connectivity index (χ2v) is 4.43. The van der Waals surface area contributed by atoms with Gasteiger partial charge >= 0.3 is 0 Å². The number of hydrogen-bond donors (Lipinski definition) is 4. The summed E-state index contributed by atoms with van der Waals surface area (Å²) in [6.07, 6.45) is -2.00. The van der Waals surface area contributed by atoms with Gasteiger partial charge in [0.25, 0.3) is 0 Å². The van der Waals surface area contributed by atoms with Gasteiger partial charge < -0.3 is 21.3 Å². The van der Waals surface area contributed by atoms with Crippen LogP contribution in [-0.4, -0.2) is 28.8 Å². The maximum atomic E-state index is 10.7. The number of amides is 1. The lowest BCUT2D eigenvalue weighted by Gasteiger charge is -2.20. The van der Waals surface area contributed by atoms with Crippen LogP contribution < -0.4 is 11.1 Å². The van der Waals surface area contributed by atoms with Crippen molar-refractivity contribution in [2.24, 2.45) is 0 Å². The van der Waals surface area contributed by atoms with Gasteiger partial charge in [-0.1, -0.05) is 17.7 Å². The average Bonchev–Trinajstić information content (AvgIpc) is 2.27. The molecule has 0 aliphatic rings. The first-order valence-electron chi connectivity index (χ1n) is 5.58. The highest BCUT2D eigenvalue weighted by molar-refractivity contribution is 6.31. The number of carbonyl (C=O) groups is 1. The molecule has 1 rings (SSSR count). The van der Waals surface area contributed by atoms with Gasteiger partial charge in [-0.3, -0.25) is 4.79 Å². The Kier molecular flexibility index (Phi) is 5.40. The molecule has 2 atom stereocenters. The average molecular weight is 273 g/mol. The fourth-order valence-corrected chi connectivity index (χ4v) is 1.91. The maximum Gasteiger partial charge on any atom is 0.216 e. The Morgan fingerprint density at radius 2 is 2.17 bits per heavy atom. The van der Waals surface area contributed by atoms with Gasteiger partial charge in [0.1, 0.15) is 6.10 Å². The van der Waals surface area contributed by atoms with Crippen LogP contribution in [0.2, 0.25) is 5.02 Å². The van der Waals surface area contributed by atoms with Crippen molar-refractivity contribution in [3.05, 3.63) is 28.8 Å². The summed E-state index contributed by atoms with van der Waals surface area (Å²) < 4.78 is 0. The van der Waals surface area contributed by atoms with Crippen molar-refractivity contribution >= 4 is 23.2 Å². The molecule has 1 aromatic rings. The lowest BCUT2D eigenvalue weighted by atomic mass is 10.0. The van der Waals surface area contributed by atoms with Crippen LogP contribution in [0, 0.1) is 0 Å². The summed E-state index contributed by atoms with van der Waals surface area (Å²) in [4.78, 5) is 10.7. The molecule has 0 fully saturated rings. The number of rotatable bonds is 5. The van der Waals surface area contributed by atoms with E-state index in [2.05, 4.69) is 5.32 Å². The number of halogens is 1. The van der Waals surface area contributed by atoms with Crippen molar-refractivity contribution < 1.29 is 15.0 Å². The van der Waals surface area contributed by atoms with Gasteiger partial charge in [-0.2, -0.15) is 0 Å². The predicted molar refractivity (Wildman–Crippen MR) is 70.1 cm³/mol. The molecule has 2 unspecified atom stereocenters. The van der Waals surface area contributed by atoms with E-state index in [9.17, 15) is 15.0 Å². The first-order valence-corrected chi connectivity index (χ1v) is 5.95. The molecule has 1 aromatic carbocycles. The van der Waals surface area contributed by atoms with Crippen LogP contribution in [0.5, 0.6) is 0 Å². The Balaban J connectivity index is 2.68. The Hall–Kier alpha value is -1.30. The predicted octanol–water partition coefficient (Wildman–Crippen LogP) is 0.843. The highest BCUT2D eigenvalue weighted by Gasteiger charge is 2.22. The summed E-state index contributed by atoms with van der Waals surface area (Å²) in [7, 11) is 0. The standard InChI is InChI=1S/C12H17ClN2O3/c1-7(16)15-6-5-10(17)12(18)11-8(13)3-2-4-9(11)14/h2-4,10,12,17-18H,5-6,14H2,1H3,(H,15,16). The minimum Gasteiger partial charge on any atom is -0.398 e. The second-order valence-electron chi connectivity index (χ2n) is 4.03. The van der Waals surface area contributed by atoms with E-state index < -0.39 is 12.2 Å². The minimum absolute atomic E-state index is 0.186. The molecule has 5 N–H and O–H groups in total. The zero-order valence-electron chi connectivity index (χ0n) is 10.1. The van der Waals surface area contributed by atoms with E-state index >= 15 is 0 Å². The summed E-state index contributed by atoms with van der Waals surface area (Å²) in [5.41, 5.74) is 6.35. The van der Waals surface area contributed by atoms with Crippen molar-refractivity contribution in [1.29, 1.82) is 0 Å². The number of aliphatic hydroxyl groups excluding tert-OH is 2. The molecule has 0 spiro atoms. The quantitative estimate of drug-likeness (QED) is 0.598. The third-order valence-electron chi connectivity index (χ3n) is 2.56. The van der Waals surface area contributed by atoms with Crippen LogP contribution >= 0.6 is 11.6 Å². The van der Waals surface area contributed by atoms with E-state index in [-0.39, 0.29) is 18.9 Å². The third kappa shape index (κ3) is 3.87. The second kappa shape index (κ2) is 6.58. The molecule has 0 heterocycles. The van der Waals surface area contributed by atoms with Gasteiger partial charge in [-0.25, -0.2) is 0 Å². The Bertz CT molecular complexity index is 406. The SMILES string of the molecule is CC(=O)NCCC(O)C(O)c1c(N)cccc1Cl. The Labute approximate surface area is 111 Å². The Morgan fingerprint density at radius 3 is 2.72 bits per heavy atom. The fourth-order valence-electron chi connectivity index (χ4n) is 1.61. The normalized spacial score (nSPS) is 14.0. The number of hydrogen-bond acceptors (Lipinski definition) is 4. The highest BCUT2D eigenvalue weighted by atomic mass is 35.5. The molecule has 0 bridgehead atoms. The number of aliphatic hydroxyl groups is 2. The van der Waals surface area contributed by atoms with Crippen molar-refractivity contribution in [1.82, 2.24) is 5.32 Å². The highest BCUT2D eigenvalue weighted by Crippen LogP contribution is 2.31. The molecular weight excluding hydrogens is 256 g/mol. The summed E-state index contributed by atoms with van der Waals surface area (Å²) in [5, 5.41) is 22.7. The Morgan fingerprint density at radius 1 is 1.50 bits per heavy atom. The molecule has 0 aliphatic carbocycles. The molecule has 0 saturated heterocycles. The van der Waals surface area contributed by atoms with Crippen molar-refractivity contribution in [2.75, 3.05) is 12.3 Å². The van der Waals surface area contributed by atoms with Crippen molar-refractivity contribution in [3.63, 3.8) is 0 Å². The first kappa shape index (κ1) is 14.8. The van der Waals surface area contributed by atoms with E-state index in [0.29, 0.717) is 16.3 Å². The van der Waals surface area contributed by atoms with Gasteiger partial charge in [0, 0.05) is 29.7 Å². The van der Waals surface area contributed by atoms with Crippen molar-refractivity contribution in [3.8, 4) is 0 Å². The van der Waals surface area contributed by atoms with Crippen LogP contribution in [-0.2, 0) is 4.79 Å². The van der Waals surface area contributed by atoms with Crippen molar-refractivity contribution in [2.45, 2.75) is 25.6 Å². The van der Waals surface area contributed by atoms with E-state index in [4.69, 9.17) is 17.3 Å². The van der Waals surface area contributed by atoms with E-state index in [1.54, 1.807) is 18.2 Å². The summed E-state index contributed by atoms with van der Waals surface area (Å²) in [6.45, 7) is 1.66. The number of nitrogens with two attached hydrogens (primary N) is 1. The zero-order chi connectivity index (χ0) is 13.7. The van der Waals surface area contributed by atoms with Crippen LogP contribution in [0.4, 0.5) is 5.69 Å². The van der Waals surface area contributed by atoms with Crippen LogP contribution in [0.15, 0.2) is 18.2 Å². The monoisotopic (exact) mass is 272 g/mol. The number of nitrogens with one attached hydrogen (secondary N) is 1. The smallest absolute Gasteiger partial charge is 0.216 e. The van der Waals surface area contributed by atoms with E-state index in [0.717, 1.165) is 0 Å². The lowest BCUT2D eigenvalue weighted by Crippen LogP contribution is -2.28. The molecule has 0 aromatic heterocycles. The molecule has 6 heteroatoms. The van der Waals surface area contributed by atoms with Crippen LogP contribution in [0.1, 0.15) is 25.0 Å². The molecular formula is C12H17ClN2O3. The number of benzene rings is 1. The van der Waals surface area contributed by atoms with Crippen LogP contribution in [0.3, 0.4) is 0 Å². The largest absolute Gasteiger partial charge is 0.398 e. The number of carbonyl (C=O) groups excluding carboxylic acids is 1. The van der Waals surface area contributed by atoms with E-state index in [1.807, 2.05) is 0 Å². The van der Waals surface area contributed by atoms with Gasteiger partial charge in [0.2, 0.25) is 5.91 Å². The minimum atomic E-state index is -1.17. The summed E-state index contributed by atoms with van der Waals surface area (Å²) in [5.74, 6) is -0.186. The zero-order valence-corrected chi connectivity index (χ0v) is 10.8. The number of anilines is 1. The molecule has 1 amide bonds. The van der Waals surface area contributed by atoms with E-state index in [1.165, 1.54) is 6.92 Å². The van der Waals surface area contributed by atoms with Gasteiger partial charge in [-0.15, -0.1) is 0 Å². The summed E-state index contributed by atoms with van der Waals surface area (Å²) in [6, 6.07) is 4.86. The summed E-state index contributed by atoms with van der Waals surface area (Å²) >= 11 is 5.93. The fraction of sp³-hybridized carbons (Fsp3) is 0.417. The molecule has 18 heavy (non-hydrogen) atoms. The van der Waals surface area contributed by atoms with Gasteiger partial charge in [0.15, 0.2) is 0 Å². The lowest BCUT2D eigenvalue weighted by molar-refractivity contribution is -0.119. The molecule has 0 saturated carbocycles. The third-order valence-corrected chi connectivity index (χ3v) is 2.89. The molecule has 5 nitrogen and oxygen atoms in total. The van der Waals surface area contributed by atoms with Crippen LogP contribution in [0.25, 0.3) is 0 Å². The van der Waals surface area contributed by atoms with Gasteiger partial charge in [0.05, 0.1) is 6.10 Å². The van der Waals surface area contributed by atoms with Gasteiger partial charge in [-0.05, 0) is 18.6 Å². The molecule has 100 valence electrons. The topological polar surface area (TPSA) is 95.6 Å². The first-order chi connectivity index (χ1) is 8.43. The molecule has 0 aliphatic heterocycles. The number of nitrogen functional groups attached to an aromatic ring is 1. The molecule has 0 radical (unpaired) electrons.